The molecule has 0 saturated heterocycles. The van der Waals surface area contributed by atoms with Crippen LogP contribution in [-0.4, -0.2) is 39.6 Å². The van der Waals surface area contributed by atoms with Gasteiger partial charge in [-0.3, -0.25) is 4.40 Å². The third-order valence-corrected chi connectivity index (χ3v) is 4.91. The molecule has 0 amide bonds. The first-order valence-electron chi connectivity index (χ1n) is 9.30. The van der Waals surface area contributed by atoms with Gasteiger partial charge in [0.1, 0.15) is 5.82 Å². The summed E-state index contributed by atoms with van der Waals surface area (Å²) in [6.45, 7) is 6.70. The summed E-state index contributed by atoms with van der Waals surface area (Å²) in [6.07, 6.45) is 6.24. The van der Waals surface area contributed by atoms with E-state index in [1.807, 2.05) is 28.8 Å². The van der Waals surface area contributed by atoms with Crippen LogP contribution in [0.5, 0.6) is 0 Å². The van der Waals surface area contributed by atoms with Crippen LogP contribution in [0.3, 0.4) is 0 Å². The first kappa shape index (κ1) is 18.0. The van der Waals surface area contributed by atoms with Crippen LogP contribution in [0.4, 0.5) is 11.8 Å². The highest BCUT2D eigenvalue weighted by Crippen LogP contribution is 2.22. The van der Waals surface area contributed by atoms with E-state index in [4.69, 9.17) is 0 Å². The number of nitrogens with zero attached hydrogens (tertiary/aromatic N) is 8. The molecule has 1 atom stereocenters. The van der Waals surface area contributed by atoms with Crippen molar-refractivity contribution < 1.29 is 0 Å². The summed E-state index contributed by atoms with van der Waals surface area (Å²) < 4.78 is 2.04. The van der Waals surface area contributed by atoms with E-state index in [1.54, 1.807) is 19.4 Å². The fourth-order valence-corrected chi connectivity index (χ4v) is 2.86. The van der Waals surface area contributed by atoms with Crippen LogP contribution in [0, 0.1) is 11.8 Å². The van der Waals surface area contributed by atoms with Gasteiger partial charge in [-0.15, -0.1) is 15.3 Å². The molecule has 0 fully saturated rings. The topological polar surface area (TPSA) is 98.7 Å². The lowest BCUT2D eigenvalue weighted by atomic mass is 9.94. The highest BCUT2D eigenvalue weighted by molar-refractivity contribution is 5.65. The van der Waals surface area contributed by atoms with E-state index in [1.165, 1.54) is 4.80 Å². The quantitative estimate of drug-likeness (QED) is 0.551. The predicted molar refractivity (Wildman–Crippen MR) is 106 cm³/mol. The summed E-state index contributed by atoms with van der Waals surface area (Å²) in [5.41, 5.74) is 2.56. The Morgan fingerprint density at radius 1 is 1.14 bits per heavy atom. The van der Waals surface area contributed by atoms with Crippen molar-refractivity contribution in [3.8, 4) is 11.3 Å². The molecule has 4 rings (SSSR count). The van der Waals surface area contributed by atoms with Crippen molar-refractivity contribution in [3.63, 3.8) is 0 Å². The Labute approximate surface area is 162 Å². The SMILES string of the molecule is CC(C)C(C)Cc1nnc2cc(-c3ccnc(Nc4cnn(C)n4)n3)ccn12. The molecule has 0 bridgehead atoms. The summed E-state index contributed by atoms with van der Waals surface area (Å²) in [6, 6.07) is 5.88. The highest BCUT2D eigenvalue weighted by Gasteiger charge is 2.14. The maximum Gasteiger partial charge on any atom is 0.228 e. The van der Waals surface area contributed by atoms with E-state index in [0.717, 1.165) is 29.1 Å². The van der Waals surface area contributed by atoms with Crippen LogP contribution in [0.15, 0.2) is 36.8 Å². The fraction of sp³-hybridized carbons (Fsp3) is 0.368. The molecule has 4 heterocycles. The number of fused-ring (bicyclic) bond motifs is 1. The van der Waals surface area contributed by atoms with Gasteiger partial charge in [0.25, 0.3) is 0 Å². The fourth-order valence-electron chi connectivity index (χ4n) is 2.86. The molecule has 0 spiro atoms. The largest absolute Gasteiger partial charge is 0.306 e. The van der Waals surface area contributed by atoms with E-state index >= 15 is 0 Å². The predicted octanol–water partition coefficient (Wildman–Crippen LogP) is 2.89. The number of nitrogens with one attached hydrogen (secondary N) is 1. The number of aryl methyl sites for hydroxylation is 1. The standard InChI is InChI=1S/C19H23N9/c1-12(2)13(3)9-17-24-25-18-10-14(6-8-28(17)18)15-5-7-20-19(22-15)23-16-11-21-27(4)26-16/h5-8,10-13H,9H2,1-4H3,(H,20,22,23,26). The number of rotatable bonds is 6. The minimum Gasteiger partial charge on any atom is -0.306 e. The highest BCUT2D eigenvalue weighted by atomic mass is 15.5. The van der Waals surface area contributed by atoms with E-state index in [9.17, 15) is 0 Å². The van der Waals surface area contributed by atoms with Gasteiger partial charge in [0.05, 0.1) is 11.9 Å². The number of hydrogen-bond donors (Lipinski definition) is 1. The van der Waals surface area contributed by atoms with Crippen LogP contribution < -0.4 is 5.32 Å². The maximum atomic E-state index is 4.58. The van der Waals surface area contributed by atoms with Crippen molar-refractivity contribution in [2.24, 2.45) is 18.9 Å². The summed E-state index contributed by atoms with van der Waals surface area (Å²) in [5.74, 6) is 3.19. The van der Waals surface area contributed by atoms with Crippen LogP contribution >= 0.6 is 0 Å². The third-order valence-electron chi connectivity index (χ3n) is 4.91. The van der Waals surface area contributed by atoms with Gasteiger partial charge in [-0.2, -0.15) is 9.90 Å². The minimum atomic E-state index is 0.464. The second kappa shape index (κ2) is 7.34. The molecule has 4 aromatic rings. The van der Waals surface area contributed by atoms with Gasteiger partial charge >= 0.3 is 0 Å². The van der Waals surface area contributed by atoms with Crippen molar-refractivity contribution in [3.05, 3.63) is 42.6 Å². The van der Waals surface area contributed by atoms with Crippen LogP contribution in [0.2, 0.25) is 0 Å². The van der Waals surface area contributed by atoms with Crippen molar-refractivity contribution >= 4 is 17.4 Å². The molecule has 28 heavy (non-hydrogen) atoms. The molecule has 1 unspecified atom stereocenters. The van der Waals surface area contributed by atoms with Gasteiger partial charge in [-0.1, -0.05) is 20.8 Å². The minimum absolute atomic E-state index is 0.464. The van der Waals surface area contributed by atoms with Crippen LogP contribution in [0.25, 0.3) is 16.9 Å². The average molecular weight is 377 g/mol. The molecule has 1 N–H and O–H groups in total. The number of pyridine rings is 1. The van der Waals surface area contributed by atoms with E-state index in [2.05, 4.69) is 56.5 Å². The second-order valence-electron chi connectivity index (χ2n) is 7.30. The lowest BCUT2D eigenvalue weighted by Gasteiger charge is -2.13. The monoisotopic (exact) mass is 377 g/mol. The molecule has 0 saturated carbocycles. The summed E-state index contributed by atoms with van der Waals surface area (Å²) >= 11 is 0. The molecule has 0 aromatic carbocycles. The molecule has 0 aliphatic heterocycles. The molecule has 4 aromatic heterocycles. The number of anilines is 2. The van der Waals surface area contributed by atoms with Gasteiger partial charge < -0.3 is 5.32 Å². The van der Waals surface area contributed by atoms with E-state index < -0.39 is 0 Å². The number of aromatic nitrogens is 8. The first-order valence-corrected chi connectivity index (χ1v) is 9.30. The van der Waals surface area contributed by atoms with Crippen LogP contribution in [0.1, 0.15) is 26.6 Å². The van der Waals surface area contributed by atoms with Crippen LogP contribution in [-0.2, 0) is 13.5 Å². The molecule has 9 nitrogen and oxygen atoms in total. The van der Waals surface area contributed by atoms with Gasteiger partial charge in [0.15, 0.2) is 11.5 Å². The summed E-state index contributed by atoms with van der Waals surface area (Å²) in [7, 11) is 1.76. The summed E-state index contributed by atoms with van der Waals surface area (Å²) in [5, 5.41) is 20.0. The maximum absolute atomic E-state index is 4.58. The molecule has 0 aliphatic carbocycles. The Balaban J connectivity index is 1.60. The Hall–Kier alpha value is -3.36. The Morgan fingerprint density at radius 3 is 2.75 bits per heavy atom. The number of hydrogen-bond acceptors (Lipinski definition) is 7. The van der Waals surface area contributed by atoms with Crippen molar-refractivity contribution in [2.75, 3.05) is 5.32 Å². The normalized spacial score (nSPS) is 12.6. The molecule has 144 valence electrons. The zero-order chi connectivity index (χ0) is 19.7. The zero-order valence-corrected chi connectivity index (χ0v) is 16.4. The molecular formula is C19H23N9. The molecular weight excluding hydrogens is 354 g/mol. The summed E-state index contributed by atoms with van der Waals surface area (Å²) in [4.78, 5) is 10.3. The van der Waals surface area contributed by atoms with Gasteiger partial charge in [0.2, 0.25) is 5.95 Å². The van der Waals surface area contributed by atoms with Gasteiger partial charge in [-0.05, 0) is 30.0 Å². The zero-order valence-electron chi connectivity index (χ0n) is 16.4. The Bertz CT molecular complexity index is 1100. The third kappa shape index (κ3) is 3.68. The smallest absolute Gasteiger partial charge is 0.228 e. The lowest BCUT2D eigenvalue weighted by molar-refractivity contribution is 0.408. The molecule has 0 radical (unpaired) electrons. The lowest BCUT2D eigenvalue weighted by Crippen LogP contribution is -2.10. The van der Waals surface area contributed by atoms with Gasteiger partial charge in [-0.25, -0.2) is 9.97 Å². The van der Waals surface area contributed by atoms with Gasteiger partial charge in [0, 0.05) is 31.4 Å². The Morgan fingerprint density at radius 2 is 2.00 bits per heavy atom. The van der Waals surface area contributed by atoms with E-state index in [-0.39, 0.29) is 0 Å². The Kier molecular flexibility index (Phi) is 4.72. The second-order valence-corrected chi connectivity index (χ2v) is 7.30. The molecule has 0 aliphatic rings. The molecule has 9 heteroatoms. The average Bonchev–Trinajstić information content (AvgIpc) is 3.27. The van der Waals surface area contributed by atoms with E-state index in [0.29, 0.717) is 23.6 Å². The van der Waals surface area contributed by atoms with Crippen molar-refractivity contribution in [1.82, 2.24) is 39.6 Å². The van der Waals surface area contributed by atoms with Crippen molar-refractivity contribution in [1.29, 1.82) is 0 Å². The first-order chi connectivity index (χ1) is 13.5. The van der Waals surface area contributed by atoms with Crippen molar-refractivity contribution in [2.45, 2.75) is 27.2 Å².